The molecule has 1 aromatic carbocycles. The Bertz CT molecular complexity index is 292. The van der Waals surface area contributed by atoms with Crippen molar-refractivity contribution >= 4 is 0 Å². The molecule has 0 aliphatic rings. The van der Waals surface area contributed by atoms with Gasteiger partial charge in [0.1, 0.15) is 11.6 Å². The van der Waals surface area contributed by atoms with Crippen LogP contribution in [0.2, 0.25) is 0 Å². The van der Waals surface area contributed by atoms with Gasteiger partial charge in [-0.2, -0.15) is 0 Å². The Labute approximate surface area is 89.5 Å². The van der Waals surface area contributed by atoms with Crippen LogP contribution in [-0.2, 0) is 0 Å². The maximum atomic E-state index is 13.3. The second-order valence-electron chi connectivity index (χ2n) is 3.68. The van der Waals surface area contributed by atoms with Gasteiger partial charge in [-0.25, -0.2) is 8.78 Å². The fraction of sp³-hybridized carbons (Fsp3) is 0.500. The summed E-state index contributed by atoms with van der Waals surface area (Å²) in [6.07, 6.45) is 0.742. The average molecular weight is 213 g/mol. The van der Waals surface area contributed by atoms with Crippen molar-refractivity contribution in [2.75, 3.05) is 13.1 Å². The van der Waals surface area contributed by atoms with E-state index in [0.29, 0.717) is 0 Å². The molecule has 3 heteroatoms. The van der Waals surface area contributed by atoms with Crippen LogP contribution in [0, 0.1) is 11.6 Å². The Morgan fingerprint density at radius 2 is 1.87 bits per heavy atom. The summed E-state index contributed by atoms with van der Waals surface area (Å²) in [5.41, 5.74) is 0.204. The molecule has 1 aromatic rings. The van der Waals surface area contributed by atoms with Gasteiger partial charge in [-0.3, -0.25) is 0 Å². The van der Waals surface area contributed by atoms with Crippen LogP contribution in [0.15, 0.2) is 18.2 Å². The van der Waals surface area contributed by atoms with E-state index in [2.05, 4.69) is 5.32 Å². The molecule has 0 saturated heterocycles. The third-order valence-corrected chi connectivity index (χ3v) is 2.50. The van der Waals surface area contributed by atoms with Gasteiger partial charge in [0.05, 0.1) is 0 Å². The summed E-state index contributed by atoms with van der Waals surface area (Å²) < 4.78 is 26.7. The molecular weight excluding hydrogens is 196 g/mol. The normalized spacial score (nSPS) is 12.8. The first kappa shape index (κ1) is 12.1. The van der Waals surface area contributed by atoms with Crippen LogP contribution >= 0.6 is 0 Å². The minimum absolute atomic E-state index is 0.0924. The number of hydrogen-bond acceptors (Lipinski definition) is 1. The van der Waals surface area contributed by atoms with Crippen molar-refractivity contribution in [2.45, 2.75) is 26.2 Å². The van der Waals surface area contributed by atoms with Gasteiger partial charge < -0.3 is 5.32 Å². The van der Waals surface area contributed by atoms with Crippen molar-refractivity contribution in [1.29, 1.82) is 0 Å². The Morgan fingerprint density at radius 3 is 2.40 bits per heavy atom. The van der Waals surface area contributed by atoms with Crippen LogP contribution in [0.1, 0.15) is 31.7 Å². The lowest BCUT2D eigenvalue weighted by Crippen LogP contribution is -2.16. The van der Waals surface area contributed by atoms with Gasteiger partial charge in [-0.1, -0.05) is 19.9 Å². The van der Waals surface area contributed by atoms with E-state index in [0.717, 1.165) is 19.5 Å². The van der Waals surface area contributed by atoms with Gasteiger partial charge in [0.15, 0.2) is 0 Å². The van der Waals surface area contributed by atoms with E-state index in [1.807, 2.05) is 13.8 Å². The van der Waals surface area contributed by atoms with E-state index in [4.69, 9.17) is 0 Å². The predicted molar refractivity (Wildman–Crippen MR) is 57.9 cm³/mol. The highest BCUT2D eigenvalue weighted by Crippen LogP contribution is 2.24. The smallest absolute Gasteiger partial charge is 0.129 e. The lowest BCUT2D eigenvalue weighted by Gasteiger charge is -2.13. The van der Waals surface area contributed by atoms with Crippen molar-refractivity contribution in [3.05, 3.63) is 35.4 Å². The van der Waals surface area contributed by atoms with Crippen molar-refractivity contribution in [3.8, 4) is 0 Å². The van der Waals surface area contributed by atoms with Crippen LogP contribution in [0.3, 0.4) is 0 Å². The van der Waals surface area contributed by atoms with Crippen molar-refractivity contribution in [3.63, 3.8) is 0 Å². The Morgan fingerprint density at radius 1 is 1.27 bits per heavy atom. The number of benzene rings is 1. The molecule has 1 atom stereocenters. The SMILES string of the molecule is CCNCCC(C)c1c(F)cccc1F. The number of hydrogen-bond donors (Lipinski definition) is 1. The standard InChI is InChI=1S/C12H17F2N/c1-3-15-8-7-9(2)12-10(13)5-4-6-11(12)14/h4-6,9,15H,3,7-8H2,1-2H3. The summed E-state index contributed by atoms with van der Waals surface area (Å²) in [4.78, 5) is 0. The van der Waals surface area contributed by atoms with E-state index in [9.17, 15) is 8.78 Å². The summed E-state index contributed by atoms with van der Waals surface area (Å²) in [6, 6.07) is 4.01. The second kappa shape index (κ2) is 5.81. The molecule has 0 fully saturated rings. The average Bonchev–Trinajstić information content (AvgIpc) is 2.18. The lowest BCUT2D eigenvalue weighted by atomic mass is 9.96. The highest BCUT2D eigenvalue weighted by atomic mass is 19.1. The molecular formula is C12H17F2N. The van der Waals surface area contributed by atoms with Gasteiger partial charge in [-0.15, -0.1) is 0 Å². The highest BCUT2D eigenvalue weighted by molar-refractivity contribution is 5.23. The largest absolute Gasteiger partial charge is 0.317 e. The van der Waals surface area contributed by atoms with Crippen molar-refractivity contribution < 1.29 is 8.78 Å². The molecule has 1 rings (SSSR count). The molecule has 1 N–H and O–H groups in total. The molecule has 0 heterocycles. The zero-order valence-corrected chi connectivity index (χ0v) is 9.19. The van der Waals surface area contributed by atoms with Crippen LogP contribution in [0.5, 0.6) is 0 Å². The van der Waals surface area contributed by atoms with Crippen LogP contribution < -0.4 is 5.32 Å². The molecule has 0 saturated carbocycles. The summed E-state index contributed by atoms with van der Waals surface area (Å²) >= 11 is 0. The first-order chi connectivity index (χ1) is 7.16. The van der Waals surface area contributed by atoms with Crippen molar-refractivity contribution in [2.24, 2.45) is 0 Å². The van der Waals surface area contributed by atoms with E-state index >= 15 is 0 Å². The fourth-order valence-corrected chi connectivity index (χ4v) is 1.62. The van der Waals surface area contributed by atoms with E-state index in [1.54, 1.807) is 0 Å². The van der Waals surface area contributed by atoms with Gasteiger partial charge in [0.2, 0.25) is 0 Å². The van der Waals surface area contributed by atoms with Crippen LogP contribution in [-0.4, -0.2) is 13.1 Å². The molecule has 84 valence electrons. The molecule has 1 nitrogen and oxygen atoms in total. The Hall–Kier alpha value is -0.960. The molecule has 0 aliphatic heterocycles. The molecule has 1 unspecified atom stereocenters. The Balaban J connectivity index is 2.68. The third-order valence-electron chi connectivity index (χ3n) is 2.50. The van der Waals surface area contributed by atoms with Gasteiger partial charge in [0, 0.05) is 5.56 Å². The number of halogens is 2. The second-order valence-corrected chi connectivity index (χ2v) is 3.68. The Kier molecular flexibility index (Phi) is 4.69. The first-order valence-electron chi connectivity index (χ1n) is 5.31. The maximum absolute atomic E-state index is 13.3. The van der Waals surface area contributed by atoms with E-state index < -0.39 is 11.6 Å². The maximum Gasteiger partial charge on any atom is 0.129 e. The fourth-order valence-electron chi connectivity index (χ4n) is 1.62. The molecule has 0 radical (unpaired) electrons. The first-order valence-corrected chi connectivity index (χ1v) is 5.31. The predicted octanol–water partition coefficient (Wildman–Crippen LogP) is 3.07. The van der Waals surface area contributed by atoms with E-state index in [-0.39, 0.29) is 11.5 Å². The quantitative estimate of drug-likeness (QED) is 0.741. The topological polar surface area (TPSA) is 12.0 Å². The lowest BCUT2D eigenvalue weighted by molar-refractivity contribution is 0.512. The molecule has 0 aliphatic carbocycles. The summed E-state index contributed by atoms with van der Waals surface area (Å²) in [5, 5.41) is 3.14. The third kappa shape index (κ3) is 3.27. The zero-order chi connectivity index (χ0) is 11.3. The van der Waals surface area contributed by atoms with Crippen molar-refractivity contribution in [1.82, 2.24) is 5.32 Å². The minimum Gasteiger partial charge on any atom is -0.317 e. The van der Waals surface area contributed by atoms with Gasteiger partial charge >= 0.3 is 0 Å². The highest BCUT2D eigenvalue weighted by Gasteiger charge is 2.15. The summed E-state index contributed by atoms with van der Waals surface area (Å²) in [6.45, 7) is 5.52. The van der Waals surface area contributed by atoms with Gasteiger partial charge in [-0.05, 0) is 37.6 Å². The van der Waals surface area contributed by atoms with Gasteiger partial charge in [0.25, 0.3) is 0 Å². The van der Waals surface area contributed by atoms with E-state index in [1.165, 1.54) is 18.2 Å². The molecule has 0 bridgehead atoms. The molecule has 0 aromatic heterocycles. The monoisotopic (exact) mass is 213 g/mol. The summed E-state index contributed by atoms with van der Waals surface area (Å²) in [5.74, 6) is -0.983. The zero-order valence-electron chi connectivity index (χ0n) is 9.19. The molecule has 0 amide bonds. The number of rotatable bonds is 5. The molecule has 0 spiro atoms. The minimum atomic E-state index is -0.445. The van der Waals surface area contributed by atoms with Crippen LogP contribution in [0.4, 0.5) is 8.78 Å². The number of nitrogens with one attached hydrogen (secondary N) is 1. The summed E-state index contributed by atoms with van der Waals surface area (Å²) in [7, 11) is 0. The molecule has 15 heavy (non-hydrogen) atoms. The van der Waals surface area contributed by atoms with Crippen LogP contribution in [0.25, 0.3) is 0 Å².